The van der Waals surface area contributed by atoms with Gasteiger partial charge in [-0.2, -0.15) is 5.10 Å². The van der Waals surface area contributed by atoms with Crippen LogP contribution in [0, 0.1) is 6.92 Å². The van der Waals surface area contributed by atoms with E-state index in [-0.39, 0.29) is 0 Å². The van der Waals surface area contributed by atoms with E-state index in [1.54, 1.807) is 36.0 Å². The zero-order valence-electron chi connectivity index (χ0n) is 17.2. The fourth-order valence-corrected chi connectivity index (χ4v) is 2.80. The van der Waals surface area contributed by atoms with E-state index in [1.807, 2.05) is 6.07 Å². The Bertz CT molecular complexity index is 1070. The van der Waals surface area contributed by atoms with Crippen LogP contribution in [-0.2, 0) is 11.3 Å². The van der Waals surface area contributed by atoms with Gasteiger partial charge in [0.1, 0.15) is 17.2 Å². The van der Waals surface area contributed by atoms with Gasteiger partial charge in [-0.05, 0) is 44.0 Å². The fourth-order valence-electron chi connectivity index (χ4n) is 2.80. The molecule has 0 bridgehead atoms. The van der Waals surface area contributed by atoms with E-state index in [0.717, 1.165) is 18.1 Å². The molecule has 0 atom stereocenters. The number of amides is 1. The molecule has 0 saturated carbocycles. The summed E-state index contributed by atoms with van der Waals surface area (Å²) in [5.41, 5.74) is 0.750. The van der Waals surface area contributed by atoms with Gasteiger partial charge in [-0.3, -0.25) is 9.48 Å². The number of aliphatic hydroxyl groups is 1. The van der Waals surface area contributed by atoms with Gasteiger partial charge >= 0.3 is 0 Å². The van der Waals surface area contributed by atoms with E-state index >= 15 is 0 Å². The molecule has 30 heavy (non-hydrogen) atoms. The predicted octanol–water partition coefficient (Wildman–Crippen LogP) is 3.53. The van der Waals surface area contributed by atoms with Gasteiger partial charge in [-0.1, -0.05) is 12.1 Å². The third-order valence-corrected chi connectivity index (χ3v) is 4.33. The van der Waals surface area contributed by atoms with E-state index in [0.29, 0.717) is 29.0 Å². The molecular weight excluding hydrogens is 394 g/mol. The van der Waals surface area contributed by atoms with Crippen molar-refractivity contribution in [3.05, 3.63) is 47.8 Å². The topological polar surface area (TPSA) is 89.3 Å². The van der Waals surface area contributed by atoms with Crippen molar-refractivity contribution >= 4 is 22.6 Å². The zero-order valence-corrected chi connectivity index (χ0v) is 17.2. The van der Waals surface area contributed by atoms with Crippen molar-refractivity contribution in [3.8, 4) is 5.75 Å². The van der Waals surface area contributed by atoms with Crippen molar-refractivity contribution in [2.24, 2.45) is 0 Å². The molecule has 3 rings (SSSR count). The van der Waals surface area contributed by atoms with Crippen molar-refractivity contribution < 1.29 is 23.4 Å². The Hall–Kier alpha value is -3.07. The van der Waals surface area contributed by atoms with Gasteiger partial charge in [0.25, 0.3) is 11.8 Å². The van der Waals surface area contributed by atoms with Crippen molar-refractivity contribution in [1.82, 2.24) is 14.8 Å². The monoisotopic (exact) mass is 418 g/mol. The van der Waals surface area contributed by atoms with Crippen molar-refractivity contribution in [2.45, 2.75) is 45.8 Å². The Morgan fingerprint density at radius 1 is 1.27 bits per heavy atom. The number of hydrogen-bond acceptors (Lipinski definition) is 5. The molecule has 2 heterocycles. The Labute approximate surface area is 172 Å². The summed E-state index contributed by atoms with van der Waals surface area (Å²) in [6.07, 6.45) is 3.28. The Morgan fingerprint density at radius 3 is 2.63 bits per heavy atom. The van der Waals surface area contributed by atoms with E-state index in [9.17, 15) is 18.7 Å². The lowest BCUT2D eigenvalue weighted by molar-refractivity contribution is -0.130. The number of alkyl halides is 2. The number of nitrogens with zero attached hydrogens (tertiary/aromatic N) is 3. The molecule has 0 saturated heterocycles. The molecule has 0 radical (unpaired) electrons. The van der Waals surface area contributed by atoms with Crippen molar-refractivity contribution in [2.75, 3.05) is 11.9 Å². The summed E-state index contributed by atoms with van der Waals surface area (Å²) in [4.78, 5) is 16.2. The van der Waals surface area contributed by atoms with E-state index in [1.165, 1.54) is 20.0 Å². The molecule has 9 heteroatoms. The van der Waals surface area contributed by atoms with E-state index < -0.39 is 24.0 Å². The first kappa shape index (κ1) is 21.6. The minimum absolute atomic E-state index is 0.311. The van der Waals surface area contributed by atoms with Gasteiger partial charge in [0.15, 0.2) is 6.61 Å². The lowest BCUT2D eigenvalue weighted by Crippen LogP contribution is -2.36. The average molecular weight is 418 g/mol. The third kappa shape index (κ3) is 5.29. The molecule has 0 unspecified atom stereocenters. The number of anilines is 1. The number of halogens is 2. The van der Waals surface area contributed by atoms with Crippen LogP contribution in [0.4, 0.5) is 14.6 Å². The van der Waals surface area contributed by atoms with Crippen LogP contribution in [0.5, 0.6) is 5.75 Å². The number of aromatic nitrogens is 3. The highest BCUT2D eigenvalue weighted by atomic mass is 19.3. The number of fused-ring (bicyclic) bond motifs is 1. The quantitative estimate of drug-likeness (QED) is 0.613. The maximum Gasteiger partial charge on any atom is 0.278 e. The highest BCUT2D eigenvalue weighted by Gasteiger charge is 2.25. The minimum Gasteiger partial charge on any atom is -0.487 e. The van der Waals surface area contributed by atoms with Crippen LogP contribution in [0.15, 0.2) is 36.7 Å². The first-order valence-corrected chi connectivity index (χ1v) is 9.38. The molecule has 0 fully saturated rings. The molecule has 0 aliphatic heterocycles. The molecule has 160 valence electrons. The molecule has 1 amide bonds. The summed E-state index contributed by atoms with van der Waals surface area (Å²) in [6, 6.07) is 7.03. The van der Waals surface area contributed by atoms with Gasteiger partial charge < -0.3 is 15.2 Å². The van der Waals surface area contributed by atoms with E-state index in [2.05, 4.69) is 15.4 Å². The Balaban J connectivity index is 1.79. The summed E-state index contributed by atoms with van der Waals surface area (Å²) in [6.45, 7) is 5.14. The van der Waals surface area contributed by atoms with Crippen LogP contribution >= 0.6 is 0 Å². The second-order valence-corrected chi connectivity index (χ2v) is 7.89. The number of hydrogen-bond donors (Lipinski definition) is 2. The van der Waals surface area contributed by atoms with E-state index in [4.69, 9.17) is 4.74 Å². The number of rotatable bonds is 7. The van der Waals surface area contributed by atoms with Crippen LogP contribution in [0.25, 0.3) is 10.9 Å². The van der Waals surface area contributed by atoms with Crippen LogP contribution < -0.4 is 10.1 Å². The maximum atomic E-state index is 13.0. The van der Waals surface area contributed by atoms with Gasteiger partial charge in [-0.15, -0.1) is 0 Å². The summed E-state index contributed by atoms with van der Waals surface area (Å²) < 4.78 is 32.9. The van der Waals surface area contributed by atoms with Crippen LogP contribution in [0.3, 0.4) is 0 Å². The largest absolute Gasteiger partial charge is 0.487 e. The molecular formula is C21H24F2N4O3. The molecule has 0 aliphatic carbocycles. The number of aryl methyl sites for hydroxylation is 1. The van der Waals surface area contributed by atoms with Gasteiger partial charge in [0, 0.05) is 19.3 Å². The second-order valence-electron chi connectivity index (χ2n) is 7.89. The standard InChI is InChI=1S/C21H24F2N4O3/c1-13-9-14(5-6-17(13)30-12-21(4,22)23)10-27-11-15-16(26-27)7-8-24-18(15)25-19(28)20(2,3)29/h5-9,11,29H,10,12H2,1-4H3,(H,24,25,28). The summed E-state index contributed by atoms with van der Waals surface area (Å²) in [5, 5.41) is 17.6. The zero-order chi connectivity index (χ0) is 22.1. The smallest absolute Gasteiger partial charge is 0.278 e. The van der Waals surface area contributed by atoms with Crippen LogP contribution in [-0.4, -0.2) is 43.9 Å². The molecule has 2 N–H and O–H groups in total. The van der Waals surface area contributed by atoms with Gasteiger partial charge in [0.05, 0.1) is 17.4 Å². The SMILES string of the molecule is Cc1cc(Cn2cc3c(NC(=O)C(C)(C)O)nccc3n2)ccc1OCC(C)(F)F. The number of carbonyl (C=O) groups excluding carboxylic acids is 1. The highest BCUT2D eigenvalue weighted by molar-refractivity contribution is 6.02. The van der Waals surface area contributed by atoms with Gasteiger partial charge in [-0.25, -0.2) is 13.8 Å². The molecule has 0 aliphatic rings. The molecule has 2 aromatic heterocycles. The second kappa shape index (κ2) is 7.98. The van der Waals surface area contributed by atoms with Crippen molar-refractivity contribution in [3.63, 3.8) is 0 Å². The number of ether oxygens (including phenoxy) is 1. The maximum absolute atomic E-state index is 13.0. The number of nitrogens with one attached hydrogen (secondary N) is 1. The number of benzene rings is 1. The first-order chi connectivity index (χ1) is 13.9. The predicted molar refractivity (Wildman–Crippen MR) is 109 cm³/mol. The normalized spacial score (nSPS) is 12.2. The minimum atomic E-state index is -2.90. The molecule has 3 aromatic rings. The van der Waals surface area contributed by atoms with Crippen molar-refractivity contribution in [1.29, 1.82) is 0 Å². The Morgan fingerprint density at radius 2 is 2.00 bits per heavy atom. The van der Waals surface area contributed by atoms with Gasteiger partial charge in [0.2, 0.25) is 0 Å². The lowest BCUT2D eigenvalue weighted by Gasteiger charge is -2.16. The summed E-state index contributed by atoms with van der Waals surface area (Å²) >= 11 is 0. The number of pyridine rings is 1. The van der Waals surface area contributed by atoms with Crippen LogP contribution in [0.1, 0.15) is 31.9 Å². The first-order valence-electron chi connectivity index (χ1n) is 9.38. The molecule has 0 spiro atoms. The summed E-state index contributed by atoms with van der Waals surface area (Å²) in [7, 11) is 0. The lowest BCUT2D eigenvalue weighted by atomic mass is 10.1. The molecule has 1 aromatic carbocycles. The number of carbonyl (C=O) groups is 1. The fraction of sp³-hybridized carbons (Fsp3) is 0.381. The van der Waals surface area contributed by atoms with Crippen LogP contribution in [0.2, 0.25) is 0 Å². The highest BCUT2D eigenvalue weighted by Crippen LogP contribution is 2.24. The average Bonchev–Trinajstić information content (AvgIpc) is 3.03. The Kier molecular flexibility index (Phi) is 5.76. The molecule has 7 nitrogen and oxygen atoms in total. The third-order valence-electron chi connectivity index (χ3n) is 4.33. The summed E-state index contributed by atoms with van der Waals surface area (Å²) in [5.74, 6) is -2.75.